The number of rotatable bonds is 7. The first-order valence-corrected chi connectivity index (χ1v) is 9.27. The lowest BCUT2D eigenvalue weighted by molar-refractivity contribution is -0.192. The van der Waals surface area contributed by atoms with Crippen LogP contribution in [0.5, 0.6) is 0 Å². The summed E-state index contributed by atoms with van der Waals surface area (Å²) in [5.41, 5.74) is 4.41. The summed E-state index contributed by atoms with van der Waals surface area (Å²) in [6.07, 6.45) is 3.26. The Morgan fingerprint density at radius 1 is 1.30 bits per heavy atom. The summed E-state index contributed by atoms with van der Waals surface area (Å²) in [5.74, 6) is -0.394. The molecule has 2 rings (SSSR count). The molecule has 0 unspecified atom stereocenters. The van der Waals surface area contributed by atoms with Crippen molar-refractivity contribution in [1.82, 2.24) is 0 Å². The van der Waals surface area contributed by atoms with Crippen LogP contribution in [0, 0.1) is 19.8 Å². The standard InChI is InChI=1S/C19H28O3Si/c1-13-7-6-8-17(14(13)2)23-18-10-9-15(16(18)11-20)12-22-19(3,4)21-5/h6-9,16,18,20H,10-12H2,1-5H3/t16-,18-/m0/s1. The molecule has 126 valence electrons. The lowest BCUT2D eigenvalue weighted by Gasteiger charge is -2.26. The SMILES string of the molecule is COC(C)(C)OCC1=CC[C@H]([Si]c2cccc(C)c2C)[C@H]1CO. The Morgan fingerprint density at radius 2 is 2.04 bits per heavy atom. The lowest BCUT2D eigenvalue weighted by atomic mass is 10.0. The van der Waals surface area contributed by atoms with E-state index in [9.17, 15) is 5.11 Å². The molecular weight excluding hydrogens is 304 g/mol. The third-order valence-corrected chi connectivity index (χ3v) is 6.68. The molecule has 23 heavy (non-hydrogen) atoms. The van der Waals surface area contributed by atoms with Crippen LogP contribution in [0.1, 0.15) is 31.4 Å². The van der Waals surface area contributed by atoms with E-state index in [4.69, 9.17) is 9.47 Å². The van der Waals surface area contributed by atoms with Crippen LogP contribution in [-0.4, -0.2) is 40.7 Å². The average molecular weight is 333 g/mol. The van der Waals surface area contributed by atoms with Crippen LogP contribution in [0.15, 0.2) is 29.8 Å². The molecule has 2 atom stereocenters. The van der Waals surface area contributed by atoms with Gasteiger partial charge in [-0.05, 0) is 56.4 Å². The Labute approximate surface area is 142 Å². The molecule has 1 aliphatic rings. The summed E-state index contributed by atoms with van der Waals surface area (Å²) in [4.78, 5) is 0. The highest BCUT2D eigenvalue weighted by atomic mass is 28.2. The molecule has 0 saturated heterocycles. The van der Waals surface area contributed by atoms with Crippen molar-refractivity contribution in [3.63, 3.8) is 0 Å². The summed E-state index contributed by atoms with van der Waals surface area (Å²) in [5, 5.41) is 11.3. The molecule has 1 N–H and O–H groups in total. The number of aliphatic hydroxyl groups is 1. The van der Waals surface area contributed by atoms with E-state index in [2.05, 4.69) is 38.1 Å². The minimum atomic E-state index is -0.589. The number of hydrogen-bond acceptors (Lipinski definition) is 3. The van der Waals surface area contributed by atoms with Crippen LogP contribution in [0.3, 0.4) is 0 Å². The van der Waals surface area contributed by atoms with Gasteiger partial charge in [0.2, 0.25) is 0 Å². The van der Waals surface area contributed by atoms with E-state index in [-0.39, 0.29) is 12.5 Å². The Balaban J connectivity index is 2.02. The fourth-order valence-electron chi connectivity index (χ4n) is 2.85. The van der Waals surface area contributed by atoms with Gasteiger partial charge in [0, 0.05) is 19.6 Å². The molecule has 4 heteroatoms. The predicted molar refractivity (Wildman–Crippen MR) is 95.4 cm³/mol. The Hall–Kier alpha value is -0.943. The molecular formula is C19H28O3Si. The lowest BCUT2D eigenvalue weighted by Crippen LogP contribution is -2.30. The van der Waals surface area contributed by atoms with E-state index in [1.165, 1.54) is 21.9 Å². The molecule has 3 nitrogen and oxygen atoms in total. The molecule has 1 aromatic rings. The van der Waals surface area contributed by atoms with Gasteiger partial charge in [-0.25, -0.2) is 0 Å². The smallest absolute Gasteiger partial charge is 0.162 e. The van der Waals surface area contributed by atoms with Crippen LogP contribution < -0.4 is 5.19 Å². The monoisotopic (exact) mass is 332 g/mol. The van der Waals surface area contributed by atoms with E-state index in [0.717, 1.165) is 15.9 Å². The Morgan fingerprint density at radius 3 is 2.70 bits per heavy atom. The summed E-state index contributed by atoms with van der Waals surface area (Å²) >= 11 is 0. The van der Waals surface area contributed by atoms with Crippen molar-refractivity contribution in [3.8, 4) is 0 Å². The first kappa shape index (κ1) is 18.4. The average Bonchev–Trinajstić information content (AvgIpc) is 2.92. The molecule has 0 bridgehead atoms. The van der Waals surface area contributed by atoms with Crippen LogP contribution in [-0.2, 0) is 9.47 Å². The Kier molecular flexibility index (Phi) is 6.20. The molecule has 0 fully saturated rings. The molecule has 0 saturated carbocycles. The van der Waals surface area contributed by atoms with Crippen molar-refractivity contribution in [2.24, 2.45) is 5.92 Å². The Bertz CT molecular complexity index is 566. The van der Waals surface area contributed by atoms with Gasteiger partial charge in [0.15, 0.2) is 5.79 Å². The van der Waals surface area contributed by atoms with E-state index in [1.807, 2.05) is 13.8 Å². The van der Waals surface area contributed by atoms with Crippen molar-refractivity contribution < 1.29 is 14.6 Å². The normalized spacial score (nSPS) is 21.6. The first-order valence-electron chi connectivity index (χ1n) is 8.19. The van der Waals surface area contributed by atoms with Crippen molar-refractivity contribution in [2.45, 2.75) is 45.4 Å². The topological polar surface area (TPSA) is 38.7 Å². The number of hydrogen-bond donors (Lipinski definition) is 1. The van der Waals surface area contributed by atoms with Gasteiger partial charge in [0.1, 0.15) is 0 Å². The molecule has 0 aliphatic heterocycles. The predicted octanol–water partition coefficient (Wildman–Crippen LogP) is 2.76. The van der Waals surface area contributed by atoms with E-state index in [1.54, 1.807) is 7.11 Å². The number of benzene rings is 1. The van der Waals surface area contributed by atoms with Crippen LogP contribution in [0.25, 0.3) is 0 Å². The van der Waals surface area contributed by atoms with Gasteiger partial charge < -0.3 is 14.6 Å². The maximum Gasteiger partial charge on any atom is 0.162 e. The maximum atomic E-state index is 9.87. The van der Waals surface area contributed by atoms with Crippen molar-refractivity contribution in [1.29, 1.82) is 0 Å². The molecule has 1 aromatic carbocycles. The summed E-state index contributed by atoms with van der Waals surface area (Å²) < 4.78 is 11.1. The molecule has 0 amide bonds. The highest BCUT2D eigenvalue weighted by molar-refractivity contribution is 6.56. The molecule has 0 aromatic heterocycles. The zero-order valence-corrected chi connectivity index (χ0v) is 15.8. The van der Waals surface area contributed by atoms with Crippen molar-refractivity contribution in [2.75, 3.05) is 20.3 Å². The second-order valence-corrected chi connectivity index (χ2v) is 8.26. The van der Waals surface area contributed by atoms with E-state index >= 15 is 0 Å². The third-order valence-electron chi connectivity index (χ3n) is 4.82. The number of aryl methyl sites for hydroxylation is 1. The number of aliphatic hydroxyl groups excluding tert-OH is 1. The molecule has 1 aliphatic carbocycles. The van der Waals surface area contributed by atoms with Gasteiger partial charge >= 0.3 is 0 Å². The van der Waals surface area contributed by atoms with Gasteiger partial charge in [-0.3, -0.25) is 0 Å². The second-order valence-electron chi connectivity index (χ2n) is 6.69. The third kappa shape index (κ3) is 4.54. The number of allylic oxidation sites excluding steroid dienone is 1. The maximum absolute atomic E-state index is 9.87. The van der Waals surface area contributed by atoms with Gasteiger partial charge in [0.25, 0.3) is 0 Å². The fourth-order valence-corrected chi connectivity index (χ4v) is 4.61. The first-order chi connectivity index (χ1) is 10.9. The highest BCUT2D eigenvalue weighted by Crippen LogP contribution is 2.36. The second kappa shape index (κ2) is 7.75. The van der Waals surface area contributed by atoms with Gasteiger partial charge in [0.05, 0.1) is 16.1 Å². The van der Waals surface area contributed by atoms with Crippen molar-refractivity contribution >= 4 is 14.7 Å². The molecule has 2 radical (unpaired) electrons. The largest absolute Gasteiger partial charge is 0.396 e. The molecule has 0 spiro atoms. The summed E-state index contributed by atoms with van der Waals surface area (Å²) in [6, 6.07) is 6.51. The summed E-state index contributed by atoms with van der Waals surface area (Å²) in [7, 11) is 2.37. The van der Waals surface area contributed by atoms with Crippen molar-refractivity contribution in [3.05, 3.63) is 41.0 Å². The number of methoxy groups -OCH3 is 1. The summed E-state index contributed by atoms with van der Waals surface area (Å²) in [6.45, 7) is 8.88. The van der Waals surface area contributed by atoms with Gasteiger partial charge in [-0.2, -0.15) is 0 Å². The van der Waals surface area contributed by atoms with E-state index in [0.29, 0.717) is 12.1 Å². The fraction of sp³-hybridized carbons (Fsp3) is 0.579. The van der Waals surface area contributed by atoms with Gasteiger partial charge in [-0.15, -0.1) is 0 Å². The van der Waals surface area contributed by atoms with Crippen LogP contribution in [0.2, 0.25) is 5.54 Å². The minimum absolute atomic E-state index is 0.186. The zero-order valence-electron chi connectivity index (χ0n) is 14.8. The van der Waals surface area contributed by atoms with Crippen LogP contribution in [0.4, 0.5) is 0 Å². The van der Waals surface area contributed by atoms with Gasteiger partial charge in [-0.1, -0.05) is 29.5 Å². The quantitative estimate of drug-likeness (QED) is 0.474. The number of ether oxygens (including phenoxy) is 2. The molecule has 0 heterocycles. The van der Waals surface area contributed by atoms with Crippen LogP contribution >= 0.6 is 0 Å². The van der Waals surface area contributed by atoms with E-state index < -0.39 is 5.79 Å². The zero-order chi connectivity index (χ0) is 17.0. The highest BCUT2D eigenvalue weighted by Gasteiger charge is 2.31. The minimum Gasteiger partial charge on any atom is -0.396 e.